The Bertz CT molecular complexity index is 492. The zero-order chi connectivity index (χ0) is 18.3. The predicted octanol–water partition coefficient (Wildman–Crippen LogP) is 3.56. The third kappa shape index (κ3) is 8.77. The van der Waals surface area contributed by atoms with Crippen LogP contribution in [0.3, 0.4) is 0 Å². The number of hydrogen-bond acceptors (Lipinski definition) is 3. The highest BCUT2D eigenvalue weighted by atomic mass is 16.5. The molecule has 5 heteroatoms. The Kier molecular flexibility index (Phi) is 11.5. The highest BCUT2D eigenvalue weighted by Gasteiger charge is 2.10. The summed E-state index contributed by atoms with van der Waals surface area (Å²) in [4.78, 5) is 4.71. The maximum atomic E-state index is 5.58. The minimum absolute atomic E-state index is 0.295. The fraction of sp³-hybridized carbons (Fsp3) is 0.650. The van der Waals surface area contributed by atoms with E-state index < -0.39 is 0 Å². The molecule has 0 aromatic heterocycles. The van der Waals surface area contributed by atoms with Crippen LogP contribution in [0.15, 0.2) is 29.3 Å². The molecule has 1 atom stereocenters. The molecule has 0 amide bonds. The van der Waals surface area contributed by atoms with E-state index in [9.17, 15) is 0 Å². The normalized spacial score (nSPS) is 12.7. The molecule has 0 heterocycles. The van der Waals surface area contributed by atoms with Gasteiger partial charge in [0.25, 0.3) is 0 Å². The third-order valence-corrected chi connectivity index (χ3v) is 3.94. The van der Waals surface area contributed by atoms with Crippen LogP contribution in [-0.2, 0) is 4.74 Å². The van der Waals surface area contributed by atoms with Crippen LogP contribution in [0, 0.1) is 0 Å². The molecule has 1 unspecified atom stereocenters. The highest BCUT2D eigenvalue weighted by molar-refractivity contribution is 5.79. The molecule has 2 N–H and O–H groups in total. The van der Waals surface area contributed by atoms with E-state index >= 15 is 0 Å². The molecule has 0 aliphatic carbocycles. The first-order chi connectivity index (χ1) is 12.2. The zero-order valence-electron chi connectivity index (χ0n) is 16.3. The second kappa shape index (κ2) is 13.5. The lowest BCUT2D eigenvalue weighted by atomic mass is 10.0. The Labute approximate surface area is 153 Å². The summed E-state index contributed by atoms with van der Waals surface area (Å²) in [5, 5.41) is 6.67. The lowest BCUT2D eigenvalue weighted by Gasteiger charge is -2.16. The molecule has 0 saturated heterocycles. The second-order valence-corrected chi connectivity index (χ2v) is 6.11. The van der Waals surface area contributed by atoms with Gasteiger partial charge in [-0.3, -0.25) is 4.99 Å². The minimum atomic E-state index is 0.295. The topological polar surface area (TPSA) is 54.9 Å². The largest absolute Gasteiger partial charge is 0.496 e. The second-order valence-electron chi connectivity index (χ2n) is 6.11. The lowest BCUT2D eigenvalue weighted by molar-refractivity contribution is 0.129. The number of hydrogen-bond donors (Lipinski definition) is 2. The summed E-state index contributed by atoms with van der Waals surface area (Å²) in [6.45, 7) is 10.5. The van der Waals surface area contributed by atoms with Gasteiger partial charge >= 0.3 is 0 Å². The lowest BCUT2D eigenvalue weighted by Crippen LogP contribution is -2.38. The monoisotopic (exact) mass is 349 g/mol. The number of guanidine groups is 1. The van der Waals surface area contributed by atoms with Crippen molar-refractivity contribution in [3.05, 3.63) is 29.8 Å². The van der Waals surface area contributed by atoms with Gasteiger partial charge in [0.05, 0.1) is 7.11 Å². The van der Waals surface area contributed by atoms with E-state index in [4.69, 9.17) is 14.5 Å². The molecule has 0 radical (unpaired) electrons. The highest BCUT2D eigenvalue weighted by Crippen LogP contribution is 2.26. The van der Waals surface area contributed by atoms with Gasteiger partial charge < -0.3 is 20.1 Å². The van der Waals surface area contributed by atoms with E-state index in [0.717, 1.165) is 50.9 Å². The Morgan fingerprint density at radius 2 is 1.88 bits per heavy atom. The number of rotatable bonds is 12. The smallest absolute Gasteiger partial charge is 0.191 e. The van der Waals surface area contributed by atoms with Crippen LogP contribution in [0.1, 0.15) is 51.5 Å². The Hall–Kier alpha value is -1.75. The standard InChI is InChI=1S/C20H35N3O2/c1-5-7-14-25-15-10-13-22-20(21-6-2)23-16-17(3)18-11-8-9-12-19(18)24-4/h8-9,11-12,17H,5-7,10,13-16H2,1-4H3,(H2,21,22,23). The third-order valence-electron chi connectivity index (χ3n) is 3.94. The molecule has 1 aromatic carbocycles. The van der Waals surface area contributed by atoms with Gasteiger partial charge in [-0.15, -0.1) is 0 Å². The van der Waals surface area contributed by atoms with Gasteiger partial charge in [0.2, 0.25) is 0 Å². The molecule has 1 aromatic rings. The van der Waals surface area contributed by atoms with Crippen molar-refractivity contribution in [2.24, 2.45) is 4.99 Å². The number of methoxy groups -OCH3 is 1. The van der Waals surface area contributed by atoms with Crippen LogP contribution in [0.25, 0.3) is 0 Å². The van der Waals surface area contributed by atoms with Crippen LogP contribution in [0.5, 0.6) is 5.75 Å². The van der Waals surface area contributed by atoms with Crippen molar-refractivity contribution in [1.29, 1.82) is 0 Å². The average Bonchev–Trinajstić information content (AvgIpc) is 2.64. The number of aliphatic imine (C=N–C) groups is 1. The van der Waals surface area contributed by atoms with Crippen molar-refractivity contribution in [3.63, 3.8) is 0 Å². The van der Waals surface area contributed by atoms with Crippen molar-refractivity contribution >= 4 is 5.96 Å². The molecular formula is C20H35N3O2. The minimum Gasteiger partial charge on any atom is -0.496 e. The van der Waals surface area contributed by atoms with E-state index in [1.54, 1.807) is 7.11 Å². The summed E-state index contributed by atoms with van der Waals surface area (Å²) in [5.41, 5.74) is 1.19. The van der Waals surface area contributed by atoms with Crippen LogP contribution in [0.2, 0.25) is 0 Å². The van der Waals surface area contributed by atoms with Gasteiger partial charge in [-0.25, -0.2) is 0 Å². The Balaban J connectivity index is 2.43. The van der Waals surface area contributed by atoms with Crippen molar-refractivity contribution in [2.75, 3.05) is 40.0 Å². The summed E-state index contributed by atoms with van der Waals surface area (Å²) in [5.74, 6) is 2.08. The Morgan fingerprint density at radius 3 is 2.60 bits per heavy atom. The molecule has 0 saturated carbocycles. The number of unbranched alkanes of at least 4 members (excludes halogenated alkanes) is 1. The van der Waals surface area contributed by atoms with Crippen LogP contribution < -0.4 is 15.4 Å². The summed E-state index contributed by atoms with van der Waals surface area (Å²) in [7, 11) is 1.71. The van der Waals surface area contributed by atoms with E-state index in [1.807, 2.05) is 18.2 Å². The predicted molar refractivity (Wildman–Crippen MR) is 106 cm³/mol. The van der Waals surface area contributed by atoms with Crippen LogP contribution in [-0.4, -0.2) is 45.9 Å². The molecular weight excluding hydrogens is 314 g/mol. The fourth-order valence-electron chi connectivity index (χ4n) is 2.47. The average molecular weight is 350 g/mol. The van der Waals surface area contributed by atoms with Crippen LogP contribution in [0.4, 0.5) is 0 Å². The molecule has 0 aliphatic heterocycles. The number of nitrogens with zero attached hydrogens (tertiary/aromatic N) is 1. The fourth-order valence-corrected chi connectivity index (χ4v) is 2.47. The molecule has 0 aliphatic rings. The van der Waals surface area contributed by atoms with Crippen molar-refractivity contribution in [3.8, 4) is 5.75 Å². The molecule has 0 spiro atoms. The maximum absolute atomic E-state index is 5.58. The van der Waals surface area contributed by atoms with Gasteiger partial charge in [-0.1, -0.05) is 38.5 Å². The van der Waals surface area contributed by atoms with E-state index in [2.05, 4.69) is 37.5 Å². The number of nitrogens with one attached hydrogen (secondary N) is 2. The summed E-state index contributed by atoms with van der Waals surface area (Å²) in [6, 6.07) is 8.14. The first-order valence-corrected chi connectivity index (χ1v) is 9.45. The maximum Gasteiger partial charge on any atom is 0.191 e. The number of benzene rings is 1. The SMILES string of the molecule is CCCCOCCCNC(=NCC(C)c1ccccc1OC)NCC. The quantitative estimate of drug-likeness (QED) is 0.344. The van der Waals surface area contributed by atoms with Gasteiger partial charge in [0, 0.05) is 38.8 Å². The van der Waals surface area contributed by atoms with E-state index in [1.165, 1.54) is 12.0 Å². The van der Waals surface area contributed by atoms with Gasteiger partial charge in [-0.05, 0) is 31.4 Å². The molecule has 0 bridgehead atoms. The summed E-state index contributed by atoms with van der Waals surface area (Å²) >= 11 is 0. The molecule has 25 heavy (non-hydrogen) atoms. The van der Waals surface area contributed by atoms with E-state index in [-0.39, 0.29) is 0 Å². The van der Waals surface area contributed by atoms with Crippen molar-refractivity contribution < 1.29 is 9.47 Å². The molecule has 0 fully saturated rings. The van der Waals surface area contributed by atoms with Crippen molar-refractivity contribution in [1.82, 2.24) is 10.6 Å². The number of ether oxygens (including phenoxy) is 2. The number of para-hydroxylation sites is 1. The molecule has 142 valence electrons. The first kappa shape index (κ1) is 21.3. The van der Waals surface area contributed by atoms with Gasteiger partial charge in [0.1, 0.15) is 5.75 Å². The van der Waals surface area contributed by atoms with Gasteiger partial charge in [0.15, 0.2) is 5.96 Å². The zero-order valence-corrected chi connectivity index (χ0v) is 16.3. The summed E-state index contributed by atoms with van der Waals surface area (Å²) in [6.07, 6.45) is 3.30. The van der Waals surface area contributed by atoms with Crippen molar-refractivity contribution in [2.45, 2.75) is 46.0 Å². The molecule has 5 nitrogen and oxygen atoms in total. The summed E-state index contributed by atoms with van der Waals surface area (Å²) < 4.78 is 11.0. The molecule has 1 rings (SSSR count). The van der Waals surface area contributed by atoms with Crippen LogP contribution >= 0.6 is 0 Å². The van der Waals surface area contributed by atoms with Gasteiger partial charge in [-0.2, -0.15) is 0 Å². The first-order valence-electron chi connectivity index (χ1n) is 9.45. The Morgan fingerprint density at radius 1 is 1.12 bits per heavy atom. The van der Waals surface area contributed by atoms with E-state index in [0.29, 0.717) is 12.5 Å².